The summed E-state index contributed by atoms with van der Waals surface area (Å²) in [7, 11) is 1.48. The molecule has 3 rings (SSSR count). The Hall–Kier alpha value is -3.39. The Morgan fingerprint density at radius 2 is 1.81 bits per heavy atom. The van der Waals surface area contributed by atoms with Gasteiger partial charge in [0.2, 0.25) is 5.91 Å². The fourth-order valence-electron chi connectivity index (χ4n) is 3.51. The quantitative estimate of drug-likeness (QED) is 0.554. The lowest BCUT2D eigenvalue weighted by Crippen LogP contribution is -2.49. The van der Waals surface area contributed by atoms with Gasteiger partial charge >= 0.3 is 6.03 Å². The van der Waals surface area contributed by atoms with Gasteiger partial charge in [-0.3, -0.25) is 9.59 Å². The maximum Gasteiger partial charge on any atom is 0.323 e. The highest BCUT2D eigenvalue weighted by Crippen LogP contribution is 2.29. The number of urea groups is 1. The van der Waals surface area contributed by atoms with E-state index in [4.69, 9.17) is 11.6 Å². The Labute approximate surface area is 183 Å². The molecule has 0 radical (unpaired) electrons. The van der Waals surface area contributed by atoms with Gasteiger partial charge in [-0.2, -0.15) is 0 Å². The van der Waals surface area contributed by atoms with Gasteiger partial charge in [-0.1, -0.05) is 29.8 Å². The lowest BCUT2D eigenvalue weighted by molar-refractivity contribution is -0.125. The van der Waals surface area contributed by atoms with Crippen LogP contribution in [0, 0.1) is 5.82 Å². The Morgan fingerprint density at radius 3 is 2.45 bits per heavy atom. The Kier molecular flexibility index (Phi) is 6.60. The fourth-order valence-corrected chi connectivity index (χ4v) is 3.69. The summed E-state index contributed by atoms with van der Waals surface area (Å²) in [6, 6.07) is 8.82. The second kappa shape index (κ2) is 9.18. The molecule has 3 amide bonds. The van der Waals surface area contributed by atoms with E-state index < -0.39 is 23.9 Å². The van der Waals surface area contributed by atoms with Gasteiger partial charge in [0.15, 0.2) is 0 Å². The number of pyridine rings is 1. The van der Waals surface area contributed by atoms with Crippen molar-refractivity contribution in [3.05, 3.63) is 75.4 Å². The Bertz CT molecular complexity index is 1200. The van der Waals surface area contributed by atoms with Crippen molar-refractivity contribution in [3.63, 3.8) is 0 Å². The van der Waals surface area contributed by atoms with E-state index in [0.717, 1.165) is 6.07 Å². The molecule has 0 saturated carbocycles. The maximum atomic E-state index is 13.5. The van der Waals surface area contributed by atoms with E-state index in [2.05, 4.69) is 15.6 Å². The molecule has 162 valence electrons. The van der Waals surface area contributed by atoms with Gasteiger partial charge in [0.05, 0.1) is 11.1 Å². The number of nitrogens with one attached hydrogen (secondary N) is 3. The normalized spacial score (nSPS) is 12.8. The molecule has 0 aliphatic heterocycles. The Balaban J connectivity index is 2.04. The van der Waals surface area contributed by atoms with Crippen LogP contribution in [0.15, 0.2) is 53.5 Å². The molecule has 0 fully saturated rings. The number of benzene rings is 2. The number of anilines is 1. The number of likely N-dealkylation sites (N-methyl/N-ethyl adjacent to an activating group) is 1. The topological polar surface area (TPSA) is 94.3 Å². The minimum atomic E-state index is -0.846. The molecule has 0 bridgehead atoms. The van der Waals surface area contributed by atoms with Crippen LogP contribution in [0.5, 0.6) is 0 Å². The lowest BCUT2D eigenvalue weighted by Gasteiger charge is -2.34. The summed E-state index contributed by atoms with van der Waals surface area (Å²) < 4.78 is 13.5. The van der Waals surface area contributed by atoms with E-state index >= 15 is 0 Å². The predicted molar refractivity (Wildman–Crippen MR) is 119 cm³/mol. The average molecular weight is 445 g/mol. The van der Waals surface area contributed by atoms with Gasteiger partial charge in [0.25, 0.3) is 5.56 Å². The number of hydrogen-bond donors (Lipinski definition) is 3. The third kappa shape index (κ3) is 4.54. The van der Waals surface area contributed by atoms with Gasteiger partial charge in [-0.25, -0.2) is 9.18 Å². The highest BCUT2D eigenvalue weighted by atomic mass is 35.5. The van der Waals surface area contributed by atoms with Crippen LogP contribution in [0.4, 0.5) is 14.9 Å². The van der Waals surface area contributed by atoms with Gasteiger partial charge < -0.3 is 20.5 Å². The highest BCUT2D eigenvalue weighted by Gasteiger charge is 2.31. The number of fused-ring (bicyclic) bond motifs is 1. The van der Waals surface area contributed by atoms with E-state index in [9.17, 15) is 18.8 Å². The first-order chi connectivity index (χ1) is 14.7. The zero-order chi connectivity index (χ0) is 22.7. The van der Waals surface area contributed by atoms with Crippen LogP contribution < -0.4 is 16.2 Å². The number of carbonyl (C=O) groups excluding carboxylic acids is 2. The molecule has 0 saturated heterocycles. The molecule has 31 heavy (non-hydrogen) atoms. The van der Waals surface area contributed by atoms with Crippen LogP contribution in [0.25, 0.3) is 10.8 Å². The summed E-state index contributed by atoms with van der Waals surface area (Å²) in [5, 5.41) is 6.22. The van der Waals surface area contributed by atoms with Crippen molar-refractivity contribution in [2.24, 2.45) is 0 Å². The van der Waals surface area contributed by atoms with Gasteiger partial charge in [0, 0.05) is 24.3 Å². The van der Waals surface area contributed by atoms with Crippen molar-refractivity contribution in [2.45, 2.75) is 25.9 Å². The van der Waals surface area contributed by atoms with E-state index in [1.54, 1.807) is 44.3 Å². The van der Waals surface area contributed by atoms with E-state index in [1.807, 2.05) is 0 Å². The zero-order valence-corrected chi connectivity index (χ0v) is 18.0. The lowest BCUT2D eigenvalue weighted by atomic mass is 10.0. The first-order valence-corrected chi connectivity index (χ1v) is 9.98. The molecular weight excluding hydrogens is 423 g/mol. The van der Waals surface area contributed by atoms with E-state index in [1.165, 1.54) is 24.1 Å². The summed E-state index contributed by atoms with van der Waals surface area (Å²) in [6.45, 7) is 3.36. The van der Waals surface area contributed by atoms with Crippen molar-refractivity contribution in [1.29, 1.82) is 0 Å². The van der Waals surface area contributed by atoms with Gasteiger partial charge in [0.1, 0.15) is 11.9 Å². The SMILES string of the molecule is CNC(=O)C(C)N(C(=O)Nc1ccc(F)c(Cl)c1)C(C)c1c[nH]c(=O)c2ccccc12. The minimum absolute atomic E-state index is 0.136. The number of rotatable bonds is 5. The van der Waals surface area contributed by atoms with Crippen molar-refractivity contribution in [1.82, 2.24) is 15.2 Å². The number of aromatic nitrogens is 1. The number of halogens is 2. The maximum absolute atomic E-state index is 13.5. The number of hydrogen-bond acceptors (Lipinski definition) is 3. The fraction of sp³-hybridized carbons (Fsp3) is 0.227. The monoisotopic (exact) mass is 444 g/mol. The summed E-state index contributed by atoms with van der Waals surface area (Å²) in [5.74, 6) is -0.976. The number of H-pyrrole nitrogens is 1. The molecule has 1 heterocycles. The van der Waals surface area contributed by atoms with Crippen LogP contribution in [-0.4, -0.2) is 34.9 Å². The number of carbonyl (C=O) groups is 2. The van der Waals surface area contributed by atoms with Gasteiger partial charge in [-0.05, 0) is 49.1 Å². The molecule has 0 spiro atoms. The molecule has 3 aromatic rings. The highest BCUT2D eigenvalue weighted by molar-refractivity contribution is 6.31. The van der Waals surface area contributed by atoms with Crippen LogP contribution >= 0.6 is 11.6 Å². The van der Waals surface area contributed by atoms with Crippen molar-refractivity contribution < 1.29 is 14.0 Å². The molecule has 0 aliphatic carbocycles. The predicted octanol–water partition coefficient (Wildman–Crippen LogP) is 4.05. The molecule has 0 aliphatic rings. The smallest absolute Gasteiger partial charge is 0.323 e. The average Bonchev–Trinajstić information content (AvgIpc) is 2.76. The van der Waals surface area contributed by atoms with Gasteiger partial charge in [-0.15, -0.1) is 0 Å². The third-order valence-corrected chi connectivity index (χ3v) is 5.45. The second-order valence-electron chi connectivity index (χ2n) is 7.05. The molecule has 2 aromatic carbocycles. The summed E-state index contributed by atoms with van der Waals surface area (Å²) in [4.78, 5) is 41.9. The number of aromatic amines is 1. The van der Waals surface area contributed by atoms with Crippen LogP contribution in [0.2, 0.25) is 5.02 Å². The van der Waals surface area contributed by atoms with E-state index in [-0.39, 0.29) is 22.2 Å². The van der Waals surface area contributed by atoms with Crippen LogP contribution in [-0.2, 0) is 4.79 Å². The first kappa shape index (κ1) is 22.3. The van der Waals surface area contributed by atoms with Crippen LogP contribution in [0.3, 0.4) is 0 Å². The molecule has 3 N–H and O–H groups in total. The van der Waals surface area contributed by atoms with Crippen LogP contribution in [0.1, 0.15) is 25.5 Å². The molecule has 2 atom stereocenters. The third-order valence-electron chi connectivity index (χ3n) is 5.16. The van der Waals surface area contributed by atoms with Crippen molar-refractivity contribution in [2.75, 3.05) is 12.4 Å². The van der Waals surface area contributed by atoms with Crippen molar-refractivity contribution in [3.8, 4) is 0 Å². The molecule has 1 aromatic heterocycles. The molecule has 2 unspecified atom stereocenters. The molecular formula is C22H22ClFN4O3. The zero-order valence-electron chi connectivity index (χ0n) is 17.2. The van der Waals surface area contributed by atoms with Crippen molar-refractivity contribution >= 4 is 40.0 Å². The van der Waals surface area contributed by atoms with E-state index in [0.29, 0.717) is 16.3 Å². The molecule has 7 nitrogen and oxygen atoms in total. The first-order valence-electron chi connectivity index (χ1n) is 9.61. The largest absolute Gasteiger partial charge is 0.357 e. The second-order valence-corrected chi connectivity index (χ2v) is 7.46. The standard InChI is InChI=1S/C22H22ClFN4O3/c1-12(17-11-26-21(30)16-7-5-4-6-15(16)17)28(13(2)20(29)25-3)22(31)27-14-8-9-19(24)18(23)10-14/h4-13H,1-3H3,(H,25,29)(H,26,30)(H,27,31). The Morgan fingerprint density at radius 1 is 1.13 bits per heavy atom. The number of nitrogens with zero attached hydrogens (tertiary/aromatic N) is 1. The summed E-state index contributed by atoms with van der Waals surface area (Å²) in [5.41, 5.74) is 0.699. The number of amides is 3. The minimum Gasteiger partial charge on any atom is -0.357 e. The molecule has 9 heteroatoms. The summed E-state index contributed by atoms with van der Waals surface area (Å²) in [6.07, 6.45) is 1.54. The summed E-state index contributed by atoms with van der Waals surface area (Å²) >= 11 is 5.81.